The third-order valence-electron chi connectivity index (χ3n) is 4.73. The van der Waals surface area contributed by atoms with Crippen LogP contribution < -0.4 is 5.32 Å². The minimum absolute atomic E-state index is 0.0498. The molecule has 0 aliphatic carbocycles. The van der Waals surface area contributed by atoms with Crippen molar-refractivity contribution in [3.8, 4) is 0 Å². The molecule has 0 aromatic rings. The first-order valence-corrected chi connectivity index (χ1v) is 11.3. The molecule has 2 N–H and O–H groups in total. The summed E-state index contributed by atoms with van der Waals surface area (Å²) in [6, 6.07) is 0. The highest BCUT2D eigenvalue weighted by molar-refractivity contribution is 6.12. The number of aliphatic hydroxyl groups is 1. The van der Waals surface area contributed by atoms with Crippen LogP contribution in [0.1, 0.15) is 32.6 Å². The van der Waals surface area contributed by atoms with Gasteiger partial charge >= 0.3 is 5.97 Å². The molecule has 34 heavy (non-hydrogen) atoms. The second-order valence-corrected chi connectivity index (χ2v) is 7.29. The molecule has 0 bridgehead atoms. The monoisotopic (exact) mass is 488 g/mol. The number of aliphatic hydroxyl groups excluding tert-OH is 1. The number of carbonyl (C=O) groups is 4. The van der Waals surface area contributed by atoms with E-state index in [-0.39, 0.29) is 63.0 Å². The lowest BCUT2D eigenvalue weighted by atomic mass is 10.2. The van der Waals surface area contributed by atoms with E-state index in [1.807, 2.05) is 6.92 Å². The molecule has 2 unspecified atom stereocenters. The fourth-order valence-corrected chi connectivity index (χ4v) is 2.77. The third-order valence-corrected chi connectivity index (χ3v) is 4.73. The van der Waals surface area contributed by atoms with Crippen molar-refractivity contribution in [2.24, 2.45) is 0 Å². The molecule has 1 aliphatic heterocycles. The van der Waals surface area contributed by atoms with Crippen LogP contribution in [0, 0.1) is 0 Å². The summed E-state index contributed by atoms with van der Waals surface area (Å²) in [6.07, 6.45) is 2.53. The molecular formula is C22H36N2O10. The van der Waals surface area contributed by atoms with Gasteiger partial charge in [-0.25, -0.2) is 0 Å². The molecule has 0 saturated carbocycles. The number of nitrogens with zero attached hydrogens (tertiary/aromatic N) is 1. The molecule has 0 radical (unpaired) electrons. The molecule has 2 atom stereocenters. The Morgan fingerprint density at radius 1 is 1.06 bits per heavy atom. The van der Waals surface area contributed by atoms with Gasteiger partial charge in [-0.15, -0.1) is 0 Å². The van der Waals surface area contributed by atoms with Gasteiger partial charge in [0, 0.05) is 38.6 Å². The van der Waals surface area contributed by atoms with Crippen molar-refractivity contribution in [1.29, 1.82) is 0 Å². The molecule has 3 amide bonds. The van der Waals surface area contributed by atoms with Gasteiger partial charge in [-0.3, -0.25) is 24.1 Å². The van der Waals surface area contributed by atoms with Crippen molar-refractivity contribution < 1.29 is 48.0 Å². The Hall–Kier alpha value is -2.38. The standard InChI is InChI=1S/C22H36N2O10/c1-3-17(34-22(15-25)30-2)16-33-21(29)6-4-5-18(26)23-9-11-31-13-14-32-12-10-24-19(27)7-8-20(24)28/h7-8,17,22,25H,3-6,9-16H2,1-2H3,(H,23,26). The smallest absolute Gasteiger partial charge is 0.305 e. The Bertz CT molecular complexity index is 648. The van der Waals surface area contributed by atoms with Crippen LogP contribution >= 0.6 is 0 Å². The zero-order valence-electron chi connectivity index (χ0n) is 19.9. The molecule has 0 spiro atoms. The Morgan fingerprint density at radius 3 is 2.35 bits per heavy atom. The van der Waals surface area contributed by atoms with E-state index >= 15 is 0 Å². The summed E-state index contributed by atoms with van der Waals surface area (Å²) in [7, 11) is 1.41. The summed E-state index contributed by atoms with van der Waals surface area (Å²) in [6.45, 7) is 3.29. The molecule has 194 valence electrons. The molecule has 1 heterocycles. The quantitative estimate of drug-likeness (QED) is 0.0997. The Morgan fingerprint density at radius 2 is 1.74 bits per heavy atom. The van der Waals surface area contributed by atoms with Gasteiger partial charge in [0.1, 0.15) is 6.61 Å². The fourth-order valence-electron chi connectivity index (χ4n) is 2.77. The highest BCUT2D eigenvalue weighted by Gasteiger charge is 2.22. The van der Waals surface area contributed by atoms with Crippen LogP contribution in [0.3, 0.4) is 0 Å². The average Bonchev–Trinajstić information content (AvgIpc) is 3.15. The van der Waals surface area contributed by atoms with Gasteiger partial charge < -0.3 is 34.1 Å². The van der Waals surface area contributed by atoms with Crippen LogP contribution in [0.2, 0.25) is 0 Å². The maximum Gasteiger partial charge on any atom is 0.305 e. The highest BCUT2D eigenvalue weighted by Crippen LogP contribution is 2.06. The van der Waals surface area contributed by atoms with Crippen molar-refractivity contribution in [1.82, 2.24) is 10.2 Å². The van der Waals surface area contributed by atoms with Gasteiger partial charge in [0.25, 0.3) is 11.8 Å². The van der Waals surface area contributed by atoms with Crippen molar-refractivity contribution in [3.05, 3.63) is 12.2 Å². The van der Waals surface area contributed by atoms with Crippen LogP contribution in [-0.4, -0.2) is 106 Å². The SMILES string of the molecule is CCC(COC(=O)CCCC(=O)NCCOCCOCCN1C(=O)C=CC1=O)OC(CO)OC. The molecule has 0 saturated heterocycles. The molecule has 0 fully saturated rings. The minimum atomic E-state index is -0.764. The van der Waals surface area contributed by atoms with Crippen molar-refractivity contribution in [2.75, 3.05) is 59.8 Å². The average molecular weight is 489 g/mol. The summed E-state index contributed by atoms with van der Waals surface area (Å²) < 4.78 is 26.2. The van der Waals surface area contributed by atoms with E-state index < -0.39 is 12.3 Å². The first-order chi connectivity index (χ1) is 16.4. The van der Waals surface area contributed by atoms with Gasteiger partial charge in [0.15, 0.2) is 6.29 Å². The maximum absolute atomic E-state index is 11.8. The van der Waals surface area contributed by atoms with Crippen LogP contribution in [0.15, 0.2) is 12.2 Å². The zero-order chi connectivity index (χ0) is 25.2. The van der Waals surface area contributed by atoms with E-state index in [1.165, 1.54) is 19.3 Å². The number of ether oxygens (including phenoxy) is 5. The molecule has 12 heteroatoms. The van der Waals surface area contributed by atoms with E-state index in [2.05, 4.69) is 5.32 Å². The second kappa shape index (κ2) is 18.0. The number of amides is 3. The van der Waals surface area contributed by atoms with Crippen molar-refractivity contribution in [2.45, 2.75) is 45.0 Å². The van der Waals surface area contributed by atoms with E-state index in [9.17, 15) is 19.2 Å². The van der Waals surface area contributed by atoms with Crippen LogP contribution in [0.25, 0.3) is 0 Å². The normalized spacial score (nSPS) is 15.0. The molecule has 1 rings (SSSR count). The largest absolute Gasteiger partial charge is 0.463 e. The minimum Gasteiger partial charge on any atom is -0.463 e. The number of methoxy groups -OCH3 is 1. The van der Waals surface area contributed by atoms with Gasteiger partial charge in [0.2, 0.25) is 5.91 Å². The molecule has 0 aromatic heterocycles. The number of nitrogens with one attached hydrogen (secondary N) is 1. The number of rotatable bonds is 20. The topological polar surface area (TPSA) is 150 Å². The molecule has 12 nitrogen and oxygen atoms in total. The summed E-state index contributed by atoms with van der Waals surface area (Å²) in [5.74, 6) is -1.30. The maximum atomic E-state index is 11.8. The predicted molar refractivity (Wildman–Crippen MR) is 118 cm³/mol. The Balaban J connectivity index is 1.95. The number of esters is 1. The Labute approximate surface area is 199 Å². The third kappa shape index (κ3) is 12.8. The molecule has 1 aliphatic rings. The van der Waals surface area contributed by atoms with Gasteiger partial charge in [-0.1, -0.05) is 6.92 Å². The number of imide groups is 1. The van der Waals surface area contributed by atoms with Crippen LogP contribution in [-0.2, 0) is 42.9 Å². The lowest BCUT2D eigenvalue weighted by Gasteiger charge is -2.21. The van der Waals surface area contributed by atoms with Crippen LogP contribution in [0.4, 0.5) is 0 Å². The van der Waals surface area contributed by atoms with E-state index in [0.717, 1.165) is 4.90 Å². The first kappa shape index (κ1) is 29.7. The van der Waals surface area contributed by atoms with Crippen molar-refractivity contribution >= 4 is 23.7 Å². The molecular weight excluding hydrogens is 452 g/mol. The van der Waals surface area contributed by atoms with E-state index in [0.29, 0.717) is 39.2 Å². The number of carbonyl (C=O) groups excluding carboxylic acids is 4. The Kier molecular flexibility index (Phi) is 15.7. The van der Waals surface area contributed by atoms with Gasteiger partial charge in [-0.05, 0) is 12.8 Å². The fraction of sp³-hybridized carbons (Fsp3) is 0.727. The summed E-state index contributed by atoms with van der Waals surface area (Å²) >= 11 is 0. The zero-order valence-corrected chi connectivity index (χ0v) is 19.9. The van der Waals surface area contributed by atoms with E-state index in [1.54, 1.807) is 0 Å². The number of hydrogen-bond donors (Lipinski definition) is 2. The lowest BCUT2D eigenvalue weighted by Crippen LogP contribution is -2.33. The van der Waals surface area contributed by atoms with Gasteiger partial charge in [0.05, 0.1) is 45.7 Å². The summed E-state index contributed by atoms with van der Waals surface area (Å²) in [4.78, 5) is 47.5. The van der Waals surface area contributed by atoms with Gasteiger partial charge in [-0.2, -0.15) is 0 Å². The summed E-state index contributed by atoms with van der Waals surface area (Å²) in [5, 5.41) is 11.8. The second-order valence-electron chi connectivity index (χ2n) is 7.29. The van der Waals surface area contributed by atoms with Crippen molar-refractivity contribution in [3.63, 3.8) is 0 Å². The molecule has 0 aromatic carbocycles. The number of hydrogen-bond acceptors (Lipinski definition) is 10. The summed E-state index contributed by atoms with van der Waals surface area (Å²) in [5.41, 5.74) is 0. The lowest BCUT2D eigenvalue weighted by molar-refractivity contribution is -0.188. The van der Waals surface area contributed by atoms with E-state index in [4.69, 9.17) is 28.8 Å². The highest BCUT2D eigenvalue weighted by atomic mass is 16.7. The van der Waals surface area contributed by atoms with Crippen LogP contribution in [0.5, 0.6) is 0 Å². The first-order valence-electron chi connectivity index (χ1n) is 11.3. The predicted octanol–water partition coefficient (Wildman–Crippen LogP) is -0.466.